The first-order chi connectivity index (χ1) is 10.3. The number of likely N-dealkylation sites (tertiary alicyclic amines) is 1. The second-order valence-electron chi connectivity index (χ2n) is 6.50. The van der Waals surface area contributed by atoms with E-state index >= 15 is 0 Å². The second kappa shape index (κ2) is 7.17. The van der Waals surface area contributed by atoms with Gasteiger partial charge in [-0.2, -0.15) is 0 Å². The van der Waals surface area contributed by atoms with Crippen LogP contribution in [0, 0.1) is 5.92 Å². The first-order valence-electron chi connectivity index (χ1n) is 8.37. The van der Waals surface area contributed by atoms with Gasteiger partial charge in [-0.1, -0.05) is 18.6 Å². The van der Waals surface area contributed by atoms with Crippen molar-refractivity contribution in [2.45, 2.75) is 49.1 Å². The van der Waals surface area contributed by atoms with E-state index in [2.05, 4.69) is 47.8 Å². The van der Waals surface area contributed by atoms with Gasteiger partial charge in [-0.3, -0.25) is 4.90 Å². The minimum absolute atomic E-state index is 0.614. The monoisotopic (exact) mass is 304 g/mol. The Bertz CT molecular complexity index is 441. The fourth-order valence-corrected chi connectivity index (χ4v) is 4.23. The van der Waals surface area contributed by atoms with Crippen LogP contribution in [-0.2, 0) is 0 Å². The highest BCUT2D eigenvalue weighted by molar-refractivity contribution is 7.98. The molecule has 0 aromatic heterocycles. The zero-order valence-electron chi connectivity index (χ0n) is 13.3. The molecule has 0 amide bonds. The van der Waals surface area contributed by atoms with Gasteiger partial charge in [0.2, 0.25) is 0 Å². The standard InChI is InChI=1S/C18H28N2S/c1-19-13-15-5-3-4-12-20(16-8-9-16)18(15)14-6-10-17(21-2)11-7-14/h6-7,10-11,15-16,18-19H,3-5,8-9,12-13H2,1-2H3. The molecule has 116 valence electrons. The molecule has 2 atom stereocenters. The summed E-state index contributed by atoms with van der Waals surface area (Å²) in [6, 6.07) is 10.8. The predicted molar refractivity (Wildman–Crippen MR) is 92.0 cm³/mol. The SMILES string of the molecule is CNCC1CCCCN(C2CC2)C1c1ccc(SC)cc1. The van der Waals surface area contributed by atoms with E-state index in [1.54, 1.807) is 0 Å². The Hall–Kier alpha value is -0.510. The molecule has 1 aliphatic heterocycles. The summed E-state index contributed by atoms with van der Waals surface area (Å²) in [5, 5.41) is 3.44. The van der Waals surface area contributed by atoms with Gasteiger partial charge in [0.25, 0.3) is 0 Å². The van der Waals surface area contributed by atoms with Gasteiger partial charge in [-0.15, -0.1) is 11.8 Å². The molecule has 0 bridgehead atoms. The van der Waals surface area contributed by atoms with E-state index in [0.29, 0.717) is 6.04 Å². The summed E-state index contributed by atoms with van der Waals surface area (Å²) in [6.45, 7) is 2.43. The third kappa shape index (κ3) is 3.64. The van der Waals surface area contributed by atoms with E-state index in [9.17, 15) is 0 Å². The van der Waals surface area contributed by atoms with E-state index < -0.39 is 0 Å². The molecule has 1 N–H and O–H groups in total. The number of thioether (sulfide) groups is 1. The summed E-state index contributed by atoms with van der Waals surface area (Å²) in [6.07, 6.45) is 9.09. The molecule has 2 fully saturated rings. The molecule has 21 heavy (non-hydrogen) atoms. The van der Waals surface area contributed by atoms with Crippen LogP contribution in [-0.4, -0.2) is 37.3 Å². The Balaban J connectivity index is 1.88. The maximum absolute atomic E-state index is 3.44. The van der Waals surface area contributed by atoms with Crippen molar-refractivity contribution in [3.63, 3.8) is 0 Å². The average molecular weight is 305 g/mol. The summed E-state index contributed by atoms with van der Waals surface area (Å²) < 4.78 is 0. The highest BCUT2D eigenvalue weighted by atomic mass is 32.2. The fourth-order valence-electron chi connectivity index (χ4n) is 3.83. The van der Waals surface area contributed by atoms with E-state index in [0.717, 1.165) is 18.5 Å². The van der Waals surface area contributed by atoms with Gasteiger partial charge < -0.3 is 5.32 Å². The van der Waals surface area contributed by atoms with Crippen LogP contribution in [0.1, 0.15) is 43.7 Å². The third-order valence-corrected chi connectivity index (χ3v) is 5.73. The highest BCUT2D eigenvalue weighted by Gasteiger charge is 2.38. The zero-order valence-corrected chi connectivity index (χ0v) is 14.2. The Kier molecular flexibility index (Phi) is 5.25. The molecule has 3 rings (SSSR count). The molecule has 1 aliphatic carbocycles. The topological polar surface area (TPSA) is 15.3 Å². The molecular weight excluding hydrogens is 276 g/mol. The van der Waals surface area contributed by atoms with E-state index in [-0.39, 0.29) is 0 Å². The molecule has 1 aromatic rings. The molecule has 3 heteroatoms. The van der Waals surface area contributed by atoms with Crippen LogP contribution in [0.5, 0.6) is 0 Å². The van der Waals surface area contributed by atoms with Crippen molar-refractivity contribution in [3.05, 3.63) is 29.8 Å². The molecule has 2 unspecified atom stereocenters. The van der Waals surface area contributed by atoms with Crippen molar-refractivity contribution >= 4 is 11.8 Å². The number of nitrogens with zero attached hydrogens (tertiary/aromatic N) is 1. The maximum atomic E-state index is 3.44. The lowest BCUT2D eigenvalue weighted by Crippen LogP contribution is -2.37. The summed E-state index contributed by atoms with van der Waals surface area (Å²) in [4.78, 5) is 4.19. The van der Waals surface area contributed by atoms with Crippen molar-refractivity contribution in [2.75, 3.05) is 26.4 Å². The predicted octanol–water partition coefficient (Wildman–Crippen LogP) is 3.93. The Morgan fingerprint density at radius 2 is 1.90 bits per heavy atom. The molecule has 1 heterocycles. The molecule has 0 spiro atoms. The lowest BCUT2D eigenvalue weighted by molar-refractivity contribution is 0.145. The van der Waals surface area contributed by atoms with Crippen LogP contribution < -0.4 is 5.32 Å². The van der Waals surface area contributed by atoms with Crippen molar-refractivity contribution in [1.82, 2.24) is 10.2 Å². The Labute approximate surface area is 133 Å². The minimum atomic E-state index is 0.614. The average Bonchev–Trinajstić information content (AvgIpc) is 3.34. The molecule has 2 aliphatic rings. The lowest BCUT2D eigenvalue weighted by Gasteiger charge is -2.36. The van der Waals surface area contributed by atoms with Crippen molar-refractivity contribution in [2.24, 2.45) is 5.92 Å². The number of hydrogen-bond acceptors (Lipinski definition) is 3. The molecule has 2 nitrogen and oxygen atoms in total. The summed E-state index contributed by atoms with van der Waals surface area (Å²) in [5.74, 6) is 0.748. The van der Waals surface area contributed by atoms with Gasteiger partial charge in [0.15, 0.2) is 0 Å². The quantitative estimate of drug-likeness (QED) is 0.830. The molecule has 1 saturated heterocycles. The number of benzene rings is 1. The smallest absolute Gasteiger partial charge is 0.0391 e. The van der Waals surface area contributed by atoms with Crippen molar-refractivity contribution in [3.8, 4) is 0 Å². The first-order valence-corrected chi connectivity index (χ1v) is 9.60. The van der Waals surface area contributed by atoms with Crippen LogP contribution in [0.15, 0.2) is 29.2 Å². The van der Waals surface area contributed by atoms with Gasteiger partial charge >= 0.3 is 0 Å². The van der Waals surface area contributed by atoms with Crippen LogP contribution in [0.25, 0.3) is 0 Å². The summed E-state index contributed by atoms with van der Waals surface area (Å²) in [5.41, 5.74) is 1.53. The van der Waals surface area contributed by atoms with E-state index in [1.807, 2.05) is 11.8 Å². The van der Waals surface area contributed by atoms with Gasteiger partial charge in [-0.25, -0.2) is 0 Å². The normalized spacial score (nSPS) is 27.5. The zero-order chi connectivity index (χ0) is 14.7. The number of hydrogen-bond donors (Lipinski definition) is 1. The van der Waals surface area contributed by atoms with E-state index in [1.165, 1.54) is 49.1 Å². The van der Waals surface area contributed by atoms with Gasteiger partial charge in [0.1, 0.15) is 0 Å². The van der Waals surface area contributed by atoms with Crippen LogP contribution in [0.3, 0.4) is 0 Å². The molecule has 1 saturated carbocycles. The molecular formula is C18H28N2S. The Morgan fingerprint density at radius 3 is 2.52 bits per heavy atom. The fraction of sp³-hybridized carbons (Fsp3) is 0.667. The van der Waals surface area contributed by atoms with Crippen LogP contribution in [0.2, 0.25) is 0 Å². The molecule has 0 radical (unpaired) electrons. The van der Waals surface area contributed by atoms with Crippen molar-refractivity contribution in [1.29, 1.82) is 0 Å². The third-order valence-electron chi connectivity index (χ3n) is 4.98. The first kappa shape index (κ1) is 15.4. The van der Waals surface area contributed by atoms with Gasteiger partial charge in [-0.05, 0) is 75.7 Å². The minimum Gasteiger partial charge on any atom is -0.319 e. The van der Waals surface area contributed by atoms with E-state index in [4.69, 9.17) is 0 Å². The summed E-state index contributed by atoms with van der Waals surface area (Å²) >= 11 is 1.83. The summed E-state index contributed by atoms with van der Waals surface area (Å²) in [7, 11) is 2.10. The van der Waals surface area contributed by atoms with Crippen molar-refractivity contribution < 1.29 is 0 Å². The number of rotatable bonds is 5. The van der Waals surface area contributed by atoms with Crippen LogP contribution >= 0.6 is 11.8 Å². The second-order valence-corrected chi connectivity index (χ2v) is 7.38. The van der Waals surface area contributed by atoms with Gasteiger partial charge in [0, 0.05) is 17.0 Å². The Morgan fingerprint density at radius 1 is 1.14 bits per heavy atom. The largest absolute Gasteiger partial charge is 0.319 e. The maximum Gasteiger partial charge on any atom is 0.0391 e. The lowest BCUT2D eigenvalue weighted by atomic mass is 9.89. The highest BCUT2D eigenvalue weighted by Crippen LogP contribution is 2.42. The molecule has 1 aromatic carbocycles. The van der Waals surface area contributed by atoms with Crippen LogP contribution in [0.4, 0.5) is 0 Å². The van der Waals surface area contributed by atoms with Gasteiger partial charge in [0.05, 0.1) is 0 Å². The number of nitrogens with one attached hydrogen (secondary N) is 1.